The molecule has 5 rings (SSSR count). The Bertz CT molecular complexity index is 1470. The van der Waals surface area contributed by atoms with E-state index in [1.807, 2.05) is 11.5 Å². The highest BCUT2D eigenvalue weighted by molar-refractivity contribution is 7.07. The predicted molar refractivity (Wildman–Crippen MR) is 119 cm³/mol. The Morgan fingerprint density at radius 2 is 1.91 bits per heavy atom. The summed E-state index contributed by atoms with van der Waals surface area (Å²) >= 11 is 1.31. The van der Waals surface area contributed by atoms with Crippen molar-refractivity contribution < 1.29 is 18.0 Å². The van der Waals surface area contributed by atoms with Crippen LogP contribution in [0.1, 0.15) is 26.5 Å². The van der Waals surface area contributed by atoms with Crippen LogP contribution in [0.15, 0.2) is 61.1 Å². The third-order valence-corrected chi connectivity index (χ3v) is 6.07. The number of aromatic nitrogens is 4. The number of fused-ring (bicyclic) bond motifs is 3. The number of halogens is 3. The third-order valence-electron chi connectivity index (χ3n) is 5.33. The van der Waals surface area contributed by atoms with Crippen molar-refractivity contribution in [1.82, 2.24) is 24.2 Å². The zero-order chi connectivity index (χ0) is 23.2. The van der Waals surface area contributed by atoms with Crippen LogP contribution in [0.2, 0.25) is 0 Å². The number of carbonyl (C=O) groups excluding carboxylic acids is 1. The van der Waals surface area contributed by atoms with Crippen molar-refractivity contribution in [3.63, 3.8) is 0 Å². The first kappa shape index (κ1) is 21.1. The first-order chi connectivity index (χ1) is 15.8. The Morgan fingerprint density at radius 3 is 2.61 bits per heavy atom. The van der Waals surface area contributed by atoms with Crippen LogP contribution in [0.5, 0.6) is 0 Å². The molecule has 0 radical (unpaired) electrons. The van der Waals surface area contributed by atoms with Crippen molar-refractivity contribution in [2.24, 2.45) is 0 Å². The fourth-order valence-electron chi connectivity index (χ4n) is 3.76. The molecule has 5 aromatic rings. The molecule has 0 unspecified atom stereocenters. The minimum atomic E-state index is -4.41. The van der Waals surface area contributed by atoms with Gasteiger partial charge in [-0.2, -0.15) is 17.5 Å². The van der Waals surface area contributed by atoms with E-state index in [0.717, 1.165) is 33.3 Å². The minimum Gasteiger partial charge on any atom is -0.346 e. The van der Waals surface area contributed by atoms with Gasteiger partial charge in [0.2, 0.25) is 0 Å². The Hall–Kier alpha value is -3.79. The van der Waals surface area contributed by atoms with Gasteiger partial charge in [0.1, 0.15) is 0 Å². The van der Waals surface area contributed by atoms with Crippen molar-refractivity contribution in [3.05, 3.63) is 82.8 Å². The maximum Gasteiger partial charge on any atom is 0.416 e. The molecule has 0 aliphatic rings. The number of hydrogen-bond donors (Lipinski definition) is 1. The molecule has 3 aromatic heterocycles. The standard InChI is InChI=1S/C23H16F3N5OS/c1-13-20-18-10-14(22(32)29-12-16-11-27-8-9-28-16)2-7-19(18)31(21(20)30-33-13)17-5-3-15(4-6-17)23(24,25)26/h2-11H,12H2,1H3,(H,29,32). The van der Waals surface area contributed by atoms with Crippen LogP contribution in [0.4, 0.5) is 13.2 Å². The third kappa shape index (κ3) is 3.82. The highest BCUT2D eigenvalue weighted by Crippen LogP contribution is 2.37. The maximum atomic E-state index is 13.0. The van der Waals surface area contributed by atoms with Crippen molar-refractivity contribution in [1.29, 1.82) is 0 Å². The SMILES string of the molecule is Cc1snc2c1c1cc(C(=O)NCc3cnccn3)ccc1n2-c1ccc(C(F)(F)F)cc1. The molecule has 0 saturated heterocycles. The molecular formula is C23H16F3N5OS. The van der Waals surface area contributed by atoms with Gasteiger partial charge < -0.3 is 5.32 Å². The van der Waals surface area contributed by atoms with E-state index in [2.05, 4.69) is 19.7 Å². The van der Waals surface area contributed by atoms with Crippen LogP contribution in [0.3, 0.4) is 0 Å². The van der Waals surface area contributed by atoms with Gasteiger partial charge in [-0.15, -0.1) is 0 Å². The Morgan fingerprint density at radius 1 is 1.12 bits per heavy atom. The molecule has 10 heteroatoms. The summed E-state index contributed by atoms with van der Waals surface area (Å²) in [4.78, 5) is 21.8. The maximum absolute atomic E-state index is 13.0. The lowest BCUT2D eigenvalue weighted by Gasteiger charge is -2.10. The largest absolute Gasteiger partial charge is 0.416 e. The number of rotatable bonds is 4. The van der Waals surface area contributed by atoms with E-state index >= 15 is 0 Å². The van der Waals surface area contributed by atoms with Crippen LogP contribution in [0.25, 0.3) is 27.6 Å². The average molecular weight is 467 g/mol. The van der Waals surface area contributed by atoms with Crippen LogP contribution < -0.4 is 5.32 Å². The lowest BCUT2D eigenvalue weighted by molar-refractivity contribution is -0.137. The molecule has 0 aliphatic heterocycles. The van der Waals surface area contributed by atoms with E-state index in [1.165, 1.54) is 23.7 Å². The smallest absolute Gasteiger partial charge is 0.346 e. The Kier molecular flexibility index (Phi) is 5.09. The van der Waals surface area contributed by atoms with Crippen LogP contribution in [0, 0.1) is 6.92 Å². The second-order valence-electron chi connectivity index (χ2n) is 7.43. The number of carbonyl (C=O) groups is 1. The van der Waals surface area contributed by atoms with E-state index in [9.17, 15) is 18.0 Å². The van der Waals surface area contributed by atoms with Gasteiger partial charge >= 0.3 is 6.18 Å². The summed E-state index contributed by atoms with van der Waals surface area (Å²) in [6.45, 7) is 2.17. The van der Waals surface area contributed by atoms with Crippen molar-refractivity contribution >= 4 is 39.4 Å². The van der Waals surface area contributed by atoms with Crippen molar-refractivity contribution in [3.8, 4) is 5.69 Å². The summed E-state index contributed by atoms with van der Waals surface area (Å²) in [5, 5.41) is 4.51. The quantitative estimate of drug-likeness (QED) is 0.390. The number of nitrogens with zero attached hydrogens (tertiary/aromatic N) is 4. The fraction of sp³-hybridized carbons (Fsp3) is 0.130. The molecular weight excluding hydrogens is 451 g/mol. The van der Waals surface area contributed by atoms with Crippen molar-refractivity contribution in [2.75, 3.05) is 0 Å². The van der Waals surface area contributed by atoms with Gasteiger partial charge in [-0.05, 0) is 60.9 Å². The van der Waals surface area contributed by atoms with E-state index < -0.39 is 11.7 Å². The molecule has 166 valence electrons. The molecule has 2 aromatic carbocycles. The molecule has 1 amide bonds. The molecule has 0 saturated carbocycles. The zero-order valence-electron chi connectivity index (χ0n) is 17.2. The van der Waals surface area contributed by atoms with Gasteiger partial charge in [0.25, 0.3) is 5.91 Å². The number of amides is 1. The van der Waals surface area contributed by atoms with Gasteiger partial charge in [0.15, 0.2) is 5.65 Å². The first-order valence-corrected chi connectivity index (χ1v) is 10.7. The number of hydrogen-bond acceptors (Lipinski definition) is 5. The number of benzene rings is 2. The van der Waals surface area contributed by atoms with Crippen LogP contribution in [-0.4, -0.2) is 24.8 Å². The fourth-order valence-corrected chi connectivity index (χ4v) is 4.45. The molecule has 3 heterocycles. The number of aryl methyl sites for hydroxylation is 1. The normalized spacial score (nSPS) is 11.9. The monoisotopic (exact) mass is 467 g/mol. The Balaban J connectivity index is 1.55. The second kappa shape index (κ2) is 7.96. The van der Waals surface area contributed by atoms with Gasteiger partial charge in [0.05, 0.1) is 29.5 Å². The molecule has 0 aliphatic carbocycles. The topological polar surface area (TPSA) is 72.7 Å². The van der Waals surface area contributed by atoms with Gasteiger partial charge in [0, 0.05) is 39.3 Å². The van der Waals surface area contributed by atoms with E-state index in [1.54, 1.807) is 36.8 Å². The molecule has 33 heavy (non-hydrogen) atoms. The van der Waals surface area contributed by atoms with E-state index in [0.29, 0.717) is 22.6 Å². The molecule has 6 nitrogen and oxygen atoms in total. The molecule has 1 N–H and O–H groups in total. The summed E-state index contributed by atoms with van der Waals surface area (Å²) < 4.78 is 45.3. The highest BCUT2D eigenvalue weighted by Gasteiger charge is 2.30. The average Bonchev–Trinajstić information content (AvgIpc) is 3.34. The summed E-state index contributed by atoms with van der Waals surface area (Å²) in [7, 11) is 0. The van der Waals surface area contributed by atoms with E-state index in [4.69, 9.17) is 0 Å². The molecule has 0 atom stereocenters. The predicted octanol–water partition coefficient (Wildman–Crippen LogP) is 5.29. The van der Waals surface area contributed by atoms with Gasteiger partial charge in [-0.1, -0.05) is 0 Å². The molecule has 0 spiro atoms. The van der Waals surface area contributed by atoms with Gasteiger partial charge in [-0.25, -0.2) is 0 Å². The molecule has 0 fully saturated rings. The highest BCUT2D eigenvalue weighted by atomic mass is 32.1. The zero-order valence-corrected chi connectivity index (χ0v) is 18.0. The first-order valence-electron chi connectivity index (χ1n) is 9.94. The van der Waals surface area contributed by atoms with Crippen LogP contribution >= 0.6 is 11.5 Å². The summed E-state index contributed by atoms with van der Waals surface area (Å²) in [5.41, 5.74) is 2.35. The number of nitrogens with one attached hydrogen (secondary N) is 1. The van der Waals surface area contributed by atoms with E-state index in [-0.39, 0.29) is 12.5 Å². The van der Waals surface area contributed by atoms with Crippen LogP contribution in [-0.2, 0) is 12.7 Å². The lowest BCUT2D eigenvalue weighted by Crippen LogP contribution is -2.23. The summed E-state index contributed by atoms with van der Waals surface area (Å²) in [6, 6.07) is 10.2. The van der Waals surface area contributed by atoms with Gasteiger partial charge in [-0.3, -0.25) is 19.3 Å². The number of alkyl halides is 3. The second-order valence-corrected chi connectivity index (χ2v) is 8.41. The Labute approximate surface area is 189 Å². The summed E-state index contributed by atoms with van der Waals surface area (Å²) in [5.74, 6) is -0.265. The lowest BCUT2D eigenvalue weighted by atomic mass is 10.1. The van der Waals surface area contributed by atoms with Crippen molar-refractivity contribution in [2.45, 2.75) is 19.6 Å². The minimum absolute atomic E-state index is 0.242. The molecule has 0 bridgehead atoms. The summed E-state index contributed by atoms with van der Waals surface area (Å²) in [6.07, 6.45) is 0.290.